The van der Waals surface area contributed by atoms with Crippen molar-refractivity contribution in [1.29, 1.82) is 0 Å². The van der Waals surface area contributed by atoms with E-state index in [9.17, 15) is 21.4 Å². The number of rotatable bonds is 2. The highest BCUT2D eigenvalue weighted by molar-refractivity contribution is 7.92. The predicted molar refractivity (Wildman–Crippen MR) is 33.4 cm³/mol. The molecule has 0 atom stereocenters. The maximum absolute atomic E-state index is 10.2. The van der Waals surface area contributed by atoms with Crippen molar-refractivity contribution < 1.29 is 29.2 Å². The van der Waals surface area contributed by atoms with Gasteiger partial charge in [-0.05, 0) is 0 Å². The van der Waals surface area contributed by atoms with Crippen molar-refractivity contribution in [3.05, 3.63) is 0 Å². The summed E-state index contributed by atoms with van der Waals surface area (Å²) in [5.74, 6) is 0. The van der Waals surface area contributed by atoms with Crippen LogP contribution in [0.5, 0.6) is 0 Å². The molecule has 0 aromatic carbocycles. The Bertz CT molecular complexity index is 301. The van der Waals surface area contributed by atoms with Crippen LogP contribution in [0.15, 0.2) is 0 Å². The summed E-state index contributed by atoms with van der Waals surface area (Å²) in [6, 6.07) is 0. The Morgan fingerprint density at radius 3 is 1.45 bits per heavy atom. The van der Waals surface area contributed by atoms with Crippen LogP contribution in [0, 0.1) is 0 Å². The second-order valence-electron chi connectivity index (χ2n) is 2.13. The Labute approximate surface area is 64.6 Å². The number of quaternary nitrogens is 1. The molecule has 0 amide bonds. The summed E-state index contributed by atoms with van der Waals surface area (Å²) in [7, 11) is -8.93. The molecule has 0 aromatic rings. The van der Waals surface area contributed by atoms with Gasteiger partial charge in [0, 0.05) is 0 Å². The molecule has 7 nitrogen and oxygen atoms in total. The number of nitrogens with zero attached hydrogens (tertiary/aromatic N) is 1. The highest BCUT2D eigenvalue weighted by Crippen LogP contribution is 2.10. The van der Waals surface area contributed by atoms with Gasteiger partial charge in [0.05, 0.1) is 14.1 Å². The molecule has 0 unspecified atom stereocenters. The second kappa shape index (κ2) is 2.38. The van der Waals surface area contributed by atoms with Gasteiger partial charge in [-0.3, -0.25) is 0 Å². The molecule has 0 saturated carbocycles. The quantitative estimate of drug-likeness (QED) is 0.426. The molecule has 0 rings (SSSR count). The second-order valence-corrected chi connectivity index (χ2v) is 5.94. The first-order chi connectivity index (χ1) is 4.50. The lowest BCUT2D eigenvalue weighted by atomic mass is 11.3. The van der Waals surface area contributed by atoms with Crippen molar-refractivity contribution >= 4 is 20.6 Å². The summed E-state index contributed by atoms with van der Waals surface area (Å²) in [4.78, 5) is 0. The number of hydrogen-bond donors (Lipinski definition) is 1. The van der Waals surface area contributed by atoms with E-state index >= 15 is 0 Å². The van der Waals surface area contributed by atoms with Crippen molar-refractivity contribution in [2.75, 3.05) is 14.1 Å². The zero-order chi connectivity index (χ0) is 9.50. The Kier molecular flexibility index (Phi) is 2.34. The van der Waals surface area contributed by atoms with Crippen LogP contribution >= 0.6 is 0 Å². The SMILES string of the molecule is C[N+](C)(S(=O)(=O)[O-])S(=O)(=O)O. The molecule has 0 heterocycles. The summed E-state index contributed by atoms with van der Waals surface area (Å²) in [5, 5.41) is 0. The van der Waals surface area contributed by atoms with Gasteiger partial charge in [-0.1, -0.05) is 0 Å². The zero-order valence-electron chi connectivity index (χ0n) is 5.75. The van der Waals surface area contributed by atoms with E-state index in [1.807, 2.05) is 0 Å². The van der Waals surface area contributed by atoms with E-state index in [0.29, 0.717) is 14.1 Å². The third-order valence-corrected chi connectivity index (χ3v) is 4.40. The first-order valence-electron chi connectivity index (χ1n) is 2.28. The Morgan fingerprint density at radius 2 is 1.45 bits per heavy atom. The zero-order valence-corrected chi connectivity index (χ0v) is 7.39. The largest absolute Gasteiger partial charge is 0.701 e. The van der Waals surface area contributed by atoms with Gasteiger partial charge in [0.2, 0.25) is 0 Å². The van der Waals surface area contributed by atoms with Crippen molar-refractivity contribution in [1.82, 2.24) is 0 Å². The molecule has 0 aromatic heterocycles. The fourth-order valence-electron chi connectivity index (χ4n) is 0.115. The molecule has 0 saturated heterocycles. The molecule has 0 aliphatic rings. The van der Waals surface area contributed by atoms with Crippen LogP contribution in [0.1, 0.15) is 0 Å². The molecule has 0 fully saturated rings. The average Bonchev–Trinajstić information content (AvgIpc) is 1.58. The van der Waals surface area contributed by atoms with Crippen LogP contribution in [0.3, 0.4) is 0 Å². The summed E-state index contributed by atoms with van der Waals surface area (Å²) >= 11 is 0. The topological polar surface area (TPSA) is 112 Å². The first kappa shape index (κ1) is 10.8. The highest BCUT2D eigenvalue weighted by Gasteiger charge is 2.38. The average molecular weight is 205 g/mol. The van der Waals surface area contributed by atoms with E-state index in [-0.39, 0.29) is 0 Å². The number of hydrogen-bond acceptors (Lipinski definition) is 5. The molecule has 1 N–H and O–H groups in total. The fraction of sp³-hybridized carbons (Fsp3) is 1.00. The van der Waals surface area contributed by atoms with Crippen LogP contribution in [0.2, 0.25) is 0 Å². The smallest absolute Gasteiger partial charge is 0.446 e. The lowest BCUT2D eigenvalue weighted by molar-refractivity contribution is -0.633. The van der Waals surface area contributed by atoms with E-state index in [4.69, 9.17) is 4.55 Å². The van der Waals surface area contributed by atoms with Crippen LogP contribution < -0.4 is 0 Å². The van der Waals surface area contributed by atoms with Crippen molar-refractivity contribution in [3.63, 3.8) is 0 Å². The Balaban J connectivity index is 5.45. The molecule has 11 heavy (non-hydrogen) atoms. The van der Waals surface area contributed by atoms with Gasteiger partial charge in [-0.2, -0.15) is 8.42 Å². The van der Waals surface area contributed by atoms with E-state index in [1.54, 1.807) is 0 Å². The fourth-order valence-corrected chi connectivity index (χ4v) is 1.04. The third kappa shape index (κ3) is 1.87. The van der Waals surface area contributed by atoms with Crippen LogP contribution in [0.4, 0.5) is 0 Å². The molecular weight excluding hydrogens is 198 g/mol. The van der Waals surface area contributed by atoms with Gasteiger partial charge in [-0.15, -0.1) is 11.7 Å². The molecule has 68 valence electrons. The van der Waals surface area contributed by atoms with E-state index < -0.39 is 23.9 Å². The normalized spacial score (nSPS) is 14.9. The lowest BCUT2D eigenvalue weighted by Gasteiger charge is -2.25. The summed E-state index contributed by atoms with van der Waals surface area (Å²) < 4.78 is 57.3. The van der Waals surface area contributed by atoms with E-state index in [0.717, 1.165) is 0 Å². The minimum Gasteiger partial charge on any atom is -0.701 e. The first-order valence-corrected chi connectivity index (χ1v) is 5.04. The van der Waals surface area contributed by atoms with Gasteiger partial charge < -0.3 is 4.55 Å². The Morgan fingerprint density at radius 1 is 1.18 bits per heavy atom. The van der Waals surface area contributed by atoms with Gasteiger partial charge >= 0.3 is 10.3 Å². The van der Waals surface area contributed by atoms with E-state index in [2.05, 4.69) is 0 Å². The molecule has 0 aliphatic heterocycles. The third-order valence-electron chi connectivity index (χ3n) is 1.09. The maximum atomic E-state index is 10.2. The summed E-state index contributed by atoms with van der Waals surface area (Å²) in [6.45, 7) is 0. The van der Waals surface area contributed by atoms with Gasteiger partial charge in [0.25, 0.3) is 10.3 Å². The predicted octanol–water partition coefficient (Wildman–Crippen LogP) is -1.67. The summed E-state index contributed by atoms with van der Waals surface area (Å²) in [6.07, 6.45) is 0. The van der Waals surface area contributed by atoms with E-state index in [1.165, 1.54) is 0 Å². The van der Waals surface area contributed by atoms with Crippen molar-refractivity contribution in [2.24, 2.45) is 0 Å². The minimum atomic E-state index is -5.11. The van der Waals surface area contributed by atoms with Gasteiger partial charge in [0.1, 0.15) is 0 Å². The maximum Gasteiger partial charge on any atom is 0.446 e. The van der Waals surface area contributed by atoms with Crippen molar-refractivity contribution in [3.8, 4) is 0 Å². The summed E-state index contributed by atoms with van der Waals surface area (Å²) in [5.41, 5.74) is 0. The highest BCUT2D eigenvalue weighted by atomic mass is 32.3. The monoisotopic (exact) mass is 205 g/mol. The molecule has 0 aliphatic carbocycles. The van der Waals surface area contributed by atoms with Crippen molar-refractivity contribution in [2.45, 2.75) is 0 Å². The van der Waals surface area contributed by atoms with Crippen LogP contribution in [0.25, 0.3) is 0 Å². The molecule has 0 radical (unpaired) electrons. The van der Waals surface area contributed by atoms with Gasteiger partial charge in [-0.25, -0.2) is 4.55 Å². The van der Waals surface area contributed by atoms with Gasteiger partial charge in [0.15, 0.2) is 0 Å². The standard InChI is InChI=1S/C2H7NO6S2/c1-3(2,10(4,5)6)11(7,8)9/h1-2H3,(H-,4,5,6,7,8,9). The Hall–Kier alpha value is -0.220. The molecular formula is C2H7NO6S2. The molecule has 0 spiro atoms. The molecule has 0 bridgehead atoms. The molecule has 9 heteroatoms. The lowest BCUT2D eigenvalue weighted by Crippen LogP contribution is -2.49. The van der Waals surface area contributed by atoms with Crippen LogP contribution in [-0.2, 0) is 20.6 Å². The van der Waals surface area contributed by atoms with Crippen LogP contribution in [-0.4, -0.2) is 43.3 Å². The minimum absolute atomic E-state index is 0.553.